The molecule has 30 heavy (non-hydrogen) atoms. The second kappa shape index (κ2) is 6.97. The first-order chi connectivity index (χ1) is 14.3. The van der Waals surface area contributed by atoms with Gasteiger partial charge in [0.1, 0.15) is 5.82 Å². The molecule has 2 aliphatic heterocycles. The molecule has 160 valence electrons. The minimum absolute atomic E-state index is 0.0595. The van der Waals surface area contributed by atoms with Crippen LogP contribution in [0.1, 0.15) is 36.9 Å². The second-order valence-electron chi connectivity index (χ2n) is 7.13. The lowest BCUT2D eigenvalue weighted by molar-refractivity contribution is -0.509. The van der Waals surface area contributed by atoms with Crippen molar-refractivity contribution < 1.29 is 28.7 Å². The number of anilines is 1. The molecule has 12 nitrogen and oxygen atoms in total. The summed E-state index contributed by atoms with van der Waals surface area (Å²) in [6.07, 6.45) is 0. The summed E-state index contributed by atoms with van der Waals surface area (Å²) in [5.41, 5.74) is -0.276. The van der Waals surface area contributed by atoms with E-state index in [-0.39, 0.29) is 52.8 Å². The summed E-state index contributed by atoms with van der Waals surface area (Å²) in [5.74, 6) is -1.06. The Bertz CT molecular complexity index is 1100. The standard InChI is InChI=1S/C18H20N4O8/c1-7(2)21-16-11(17(23)20-21)10(12(22(25)26)18(24)19-16)8-5-9-14(30-6-29-9)15(28-4)13(8)27-3/h5,7,10,12H,6H2,1-4H3,(H,19,24)(H,20,23)/t10-,12-/m1/s1. The number of carbonyl (C=O) groups is 1. The van der Waals surface area contributed by atoms with E-state index in [1.807, 2.05) is 0 Å². The van der Waals surface area contributed by atoms with E-state index in [1.165, 1.54) is 25.0 Å². The topological polar surface area (TPSA) is 147 Å². The van der Waals surface area contributed by atoms with E-state index in [0.717, 1.165) is 0 Å². The number of aromatic nitrogens is 2. The summed E-state index contributed by atoms with van der Waals surface area (Å²) in [4.78, 5) is 36.8. The van der Waals surface area contributed by atoms with Crippen LogP contribution in [0.2, 0.25) is 0 Å². The molecular weight excluding hydrogens is 400 g/mol. The van der Waals surface area contributed by atoms with Crippen molar-refractivity contribution in [2.24, 2.45) is 0 Å². The van der Waals surface area contributed by atoms with Crippen LogP contribution in [-0.2, 0) is 4.79 Å². The molecule has 2 aromatic rings. The van der Waals surface area contributed by atoms with Gasteiger partial charge in [-0.15, -0.1) is 0 Å². The van der Waals surface area contributed by atoms with Crippen molar-refractivity contribution >= 4 is 11.7 Å². The number of amides is 1. The number of H-pyrrole nitrogens is 1. The Hall–Kier alpha value is -3.70. The van der Waals surface area contributed by atoms with Gasteiger partial charge in [-0.2, -0.15) is 0 Å². The molecule has 0 aliphatic carbocycles. The molecule has 0 spiro atoms. The fourth-order valence-electron chi connectivity index (χ4n) is 3.95. The molecular formula is C18H20N4O8. The summed E-state index contributed by atoms with van der Waals surface area (Å²) in [5, 5.41) is 17.0. The predicted octanol–water partition coefficient (Wildman–Crippen LogP) is 1.23. The number of nitrogens with one attached hydrogen (secondary N) is 2. The number of rotatable bonds is 5. The molecule has 1 aromatic heterocycles. The fourth-order valence-corrected chi connectivity index (χ4v) is 3.95. The van der Waals surface area contributed by atoms with Crippen LogP contribution in [0, 0.1) is 10.1 Å². The van der Waals surface area contributed by atoms with E-state index in [9.17, 15) is 19.7 Å². The Labute approximate surface area is 169 Å². The average Bonchev–Trinajstić information content (AvgIpc) is 3.29. The van der Waals surface area contributed by atoms with Crippen molar-refractivity contribution in [2.75, 3.05) is 26.3 Å². The van der Waals surface area contributed by atoms with Gasteiger partial charge in [-0.25, -0.2) is 0 Å². The molecule has 2 atom stereocenters. The maximum absolute atomic E-state index is 12.9. The van der Waals surface area contributed by atoms with Crippen LogP contribution in [0.4, 0.5) is 5.82 Å². The van der Waals surface area contributed by atoms with Gasteiger partial charge in [0.05, 0.1) is 25.7 Å². The van der Waals surface area contributed by atoms with Gasteiger partial charge in [0, 0.05) is 16.5 Å². The van der Waals surface area contributed by atoms with Crippen molar-refractivity contribution in [3.05, 3.63) is 37.7 Å². The Morgan fingerprint density at radius 2 is 1.93 bits per heavy atom. The van der Waals surface area contributed by atoms with Crippen LogP contribution in [0.15, 0.2) is 10.9 Å². The Balaban J connectivity index is 2.05. The summed E-state index contributed by atoms with van der Waals surface area (Å²) in [6, 6.07) is -0.484. The minimum atomic E-state index is -1.76. The van der Waals surface area contributed by atoms with Gasteiger partial charge in [0.2, 0.25) is 18.3 Å². The zero-order chi connectivity index (χ0) is 21.7. The van der Waals surface area contributed by atoms with Crippen LogP contribution in [-0.4, -0.2) is 47.7 Å². The molecule has 0 radical (unpaired) electrons. The van der Waals surface area contributed by atoms with Crippen molar-refractivity contribution in [2.45, 2.75) is 31.8 Å². The molecule has 0 bridgehead atoms. The molecule has 2 N–H and O–H groups in total. The molecule has 3 heterocycles. The number of benzene rings is 1. The molecule has 0 fully saturated rings. The number of nitro groups is 1. The fraction of sp³-hybridized carbons (Fsp3) is 0.444. The van der Waals surface area contributed by atoms with Gasteiger partial charge < -0.3 is 24.3 Å². The zero-order valence-electron chi connectivity index (χ0n) is 16.7. The molecule has 12 heteroatoms. The first-order valence-electron chi connectivity index (χ1n) is 9.13. The van der Waals surface area contributed by atoms with E-state index in [0.29, 0.717) is 0 Å². The second-order valence-corrected chi connectivity index (χ2v) is 7.13. The van der Waals surface area contributed by atoms with Crippen LogP contribution in [0.25, 0.3) is 0 Å². The third-order valence-electron chi connectivity index (χ3n) is 5.19. The number of aromatic amines is 1. The Kier molecular flexibility index (Phi) is 4.56. The van der Waals surface area contributed by atoms with Gasteiger partial charge in [-0.1, -0.05) is 0 Å². The highest BCUT2D eigenvalue weighted by Gasteiger charge is 2.50. The third kappa shape index (κ3) is 2.67. The monoisotopic (exact) mass is 420 g/mol. The number of methoxy groups -OCH3 is 2. The highest BCUT2D eigenvalue weighted by Crippen LogP contribution is 2.53. The SMILES string of the molecule is COc1c([C@@H]2c3c(n(C(C)C)[nH]c3=O)NC(=O)[C@@H]2[N+](=O)[O-])cc2c(c1OC)OCO2. The number of nitrogens with zero attached hydrogens (tertiary/aromatic N) is 2. The predicted molar refractivity (Wildman–Crippen MR) is 102 cm³/mol. The normalized spacial score (nSPS) is 19.4. The number of fused-ring (bicyclic) bond motifs is 2. The van der Waals surface area contributed by atoms with Crippen molar-refractivity contribution in [1.29, 1.82) is 0 Å². The molecule has 1 aromatic carbocycles. The maximum Gasteiger partial charge on any atom is 0.301 e. The summed E-state index contributed by atoms with van der Waals surface area (Å²) >= 11 is 0. The van der Waals surface area contributed by atoms with E-state index in [2.05, 4.69) is 10.4 Å². The lowest BCUT2D eigenvalue weighted by Crippen LogP contribution is -2.45. The largest absolute Gasteiger partial charge is 0.492 e. The van der Waals surface area contributed by atoms with E-state index >= 15 is 0 Å². The highest BCUT2D eigenvalue weighted by atomic mass is 16.7. The van der Waals surface area contributed by atoms with Gasteiger partial charge in [0.15, 0.2) is 11.5 Å². The first-order valence-corrected chi connectivity index (χ1v) is 9.13. The van der Waals surface area contributed by atoms with E-state index < -0.39 is 28.3 Å². The zero-order valence-corrected chi connectivity index (χ0v) is 16.7. The quantitative estimate of drug-likeness (QED) is 0.542. The molecule has 2 aliphatic rings. The molecule has 1 amide bonds. The van der Waals surface area contributed by atoms with E-state index in [1.54, 1.807) is 13.8 Å². The van der Waals surface area contributed by atoms with Crippen LogP contribution >= 0.6 is 0 Å². The summed E-state index contributed by atoms with van der Waals surface area (Å²) in [6.45, 7) is 3.54. The van der Waals surface area contributed by atoms with Gasteiger partial charge in [0.25, 0.3) is 5.56 Å². The van der Waals surface area contributed by atoms with Crippen LogP contribution in [0.3, 0.4) is 0 Å². The molecule has 4 rings (SSSR count). The van der Waals surface area contributed by atoms with Gasteiger partial charge in [-0.3, -0.25) is 29.5 Å². The summed E-state index contributed by atoms with van der Waals surface area (Å²) in [7, 11) is 2.74. The van der Waals surface area contributed by atoms with Crippen molar-refractivity contribution in [3.8, 4) is 23.0 Å². The lowest BCUT2D eigenvalue weighted by atomic mass is 9.82. The number of carbonyl (C=O) groups excluding carboxylic acids is 1. The first kappa shape index (κ1) is 19.6. The van der Waals surface area contributed by atoms with Gasteiger partial charge >= 0.3 is 11.9 Å². The number of ether oxygens (including phenoxy) is 4. The Morgan fingerprint density at radius 1 is 1.23 bits per heavy atom. The molecule has 0 saturated carbocycles. The highest BCUT2D eigenvalue weighted by molar-refractivity contribution is 5.98. The Morgan fingerprint density at radius 3 is 2.53 bits per heavy atom. The molecule has 0 saturated heterocycles. The van der Waals surface area contributed by atoms with E-state index in [4.69, 9.17) is 18.9 Å². The third-order valence-corrected chi connectivity index (χ3v) is 5.19. The van der Waals surface area contributed by atoms with Gasteiger partial charge in [-0.05, 0) is 19.9 Å². The van der Waals surface area contributed by atoms with Crippen molar-refractivity contribution in [1.82, 2.24) is 9.78 Å². The smallest absolute Gasteiger partial charge is 0.301 e. The average molecular weight is 420 g/mol. The van der Waals surface area contributed by atoms with Crippen molar-refractivity contribution in [3.63, 3.8) is 0 Å². The van der Waals surface area contributed by atoms with Crippen LogP contribution in [0.5, 0.6) is 23.0 Å². The summed E-state index contributed by atoms with van der Waals surface area (Å²) < 4.78 is 23.2. The molecule has 0 unspecified atom stereocenters. The minimum Gasteiger partial charge on any atom is -0.492 e. The maximum atomic E-state index is 12.9. The number of hydrogen-bond donors (Lipinski definition) is 2. The lowest BCUT2D eigenvalue weighted by Gasteiger charge is -2.28. The van der Waals surface area contributed by atoms with Crippen LogP contribution < -0.4 is 29.8 Å². The number of hydrogen-bond acceptors (Lipinski definition) is 8.